The van der Waals surface area contributed by atoms with Crippen molar-refractivity contribution >= 4 is 17.5 Å². The summed E-state index contributed by atoms with van der Waals surface area (Å²) in [7, 11) is 0. The number of ether oxygens (including phenoxy) is 1. The van der Waals surface area contributed by atoms with Gasteiger partial charge in [-0.3, -0.25) is 9.59 Å². The van der Waals surface area contributed by atoms with Crippen LogP contribution in [0.2, 0.25) is 0 Å². The van der Waals surface area contributed by atoms with Crippen LogP contribution in [-0.4, -0.2) is 25.0 Å². The SMILES string of the molecule is CC(=O)NC1C(=O)N(CCOc2ccccc2)c2c(C)ccc(C)c21. The van der Waals surface area contributed by atoms with E-state index in [1.165, 1.54) is 6.92 Å². The van der Waals surface area contributed by atoms with E-state index >= 15 is 0 Å². The number of nitrogens with one attached hydrogen (secondary N) is 1. The second kappa shape index (κ2) is 6.97. The smallest absolute Gasteiger partial charge is 0.254 e. The molecule has 3 rings (SSSR count). The van der Waals surface area contributed by atoms with Crippen molar-refractivity contribution in [1.82, 2.24) is 5.32 Å². The van der Waals surface area contributed by atoms with Gasteiger partial charge in [0.05, 0.1) is 12.2 Å². The molecular weight excluding hydrogens is 316 g/mol. The summed E-state index contributed by atoms with van der Waals surface area (Å²) in [4.78, 5) is 26.2. The number of para-hydroxylation sites is 1. The number of carbonyl (C=O) groups is 2. The third-order valence-corrected chi connectivity index (χ3v) is 4.38. The highest BCUT2D eigenvalue weighted by Gasteiger charge is 2.39. The Hall–Kier alpha value is -2.82. The third-order valence-electron chi connectivity index (χ3n) is 4.38. The lowest BCUT2D eigenvalue weighted by molar-refractivity contribution is -0.126. The zero-order chi connectivity index (χ0) is 18.0. The molecule has 1 aliphatic heterocycles. The van der Waals surface area contributed by atoms with Crippen LogP contribution in [0.25, 0.3) is 0 Å². The molecule has 1 aliphatic rings. The van der Waals surface area contributed by atoms with Crippen LogP contribution in [0.1, 0.15) is 29.7 Å². The van der Waals surface area contributed by atoms with Gasteiger partial charge < -0.3 is 15.0 Å². The molecule has 1 atom stereocenters. The number of hydrogen-bond acceptors (Lipinski definition) is 3. The molecule has 5 heteroatoms. The number of hydrogen-bond donors (Lipinski definition) is 1. The summed E-state index contributed by atoms with van der Waals surface area (Å²) in [6.07, 6.45) is 0. The number of nitrogens with zero attached hydrogens (tertiary/aromatic N) is 1. The van der Waals surface area contributed by atoms with Crippen molar-refractivity contribution in [2.75, 3.05) is 18.1 Å². The molecule has 0 aromatic heterocycles. The zero-order valence-corrected chi connectivity index (χ0v) is 14.7. The van der Waals surface area contributed by atoms with Gasteiger partial charge in [-0.25, -0.2) is 0 Å². The van der Waals surface area contributed by atoms with Gasteiger partial charge in [-0.15, -0.1) is 0 Å². The molecule has 2 aromatic carbocycles. The Balaban J connectivity index is 1.84. The minimum atomic E-state index is -0.621. The number of amides is 2. The summed E-state index contributed by atoms with van der Waals surface area (Å²) in [5.41, 5.74) is 3.79. The van der Waals surface area contributed by atoms with E-state index in [0.29, 0.717) is 13.2 Å². The summed E-state index contributed by atoms with van der Waals surface area (Å²) >= 11 is 0. The summed E-state index contributed by atoms with van der Waals surface area (Å²) in [6.45, 7) is 6.19. The lowest BCUT2D eigenvalue weighted by Crippen LogP contribution is -2.38. The molecular formula is C20H22N2O3. The molecule has 5 nitrogen and oxygen atoms in total. The second-order valence-electron chi connectivity index (χ2n) is 6.25. The van der Waals surface area contributed by atoms with E-state index in [1.807, 2.05) is 56.3 Å². The fourth-order valence-electron chi connectivity index (χ4n) is 3.26. The van der Waals surface area contributed by atoms with E-state index in [-0.39, 0.29) is 11.8 Å². The van der Waals surface area contributed by atoms with Gasteiger partial charge in [0, 0.05) is 12.5 Å². The second-order valence-corrected chi connectivity index (χ2v) is 6.25. The molecule has 2 aromatic rings. The van der Waals surface area contributed by atoms with E-state index in [0.717, 1.165) is 28.1 Å². The van der Waals surface area contributed by atoms with Crippen LogP contribution in [0.3, 0.4) is 0 Å². The van der Waals surface area contributed by atoms with Crippen molar-refractivity contribution in [3.63, 3.8) is 0 Å². The van der Waals surface area contributed by atoms with Crippen LogP contribution in [0.5, 0.6) is 5.75 Å². The number of carbonyl (C=O) groups excluding carboxylic acids is 2. The van der Waals surface area contributed by atoms with Crippen molar-refractivity contribution in [3.05, 3.63) is 59.2 Å². The fraction of sp³-hybridized carbons (Fsp3) is 0.300. The quantitative estimate of drug-likeness (QED) is 0.912. The molecule has 2 amide bonds. The number of benzene rings is 2. The summed E-state index contributed by atoms with van der Waals surface area (Å²) in [5.74, 6) is 0.445. The molecule has 1 heterocycles. The first-order valence-electron chi connectivity index (χ1n) is 8.35. The first kappa shape index (κ1) is 17.0. The Labute approximate surface area is 147 Å². The van der Waals surface area contributed by atoms with Crippen LogP contribution >= 0.6 is 0 Å². The fourth-order valence-corrected chi connectivity index (χ4v) is 3.26. The normalized spacial score (nSPS) is 15.9. The number of anilines is 1. The van der Waals surface area contributed by atoms with Crippen LogP contribution in [0, 0.1) is 13.8 Å². The molecule has 0 aliphatic carbocycles. The average molecular weight is 338 g/mol. The van der Waals surface area contributed by atoms with Gasteiger partial charge in [-0.2, -0.15) is 0 Å². The van der Waals surface area contributed by atoms with Gasteiger partial charge in [-0.1, -0.05) is 30.3 Å². The maximum absolute atomic E-state index is 12.9. The van der Waals surface area contributed by atoms with E-state index in [2.05, 4.69) is 5.32 Å². The standard InChI is InChI=1S/C20H22N2O3/c1-13-9-10-14(2)19-17(13)18(21-15(3)23)20(24)22(19)11-12-25-16-7-5-4-6-8-16/h4-10,18H,11-12H2,1-3H3,(H,21,23). The minimum Gasteiger partial charge on any atom is -0.492 e. The Morgan fingerprint density at radius 3 is 2.48 bits per heavy atom. The lowest BCUT2D eigenvalue weighted by Gasteiger charge is -2.20. The predicted molar refractivity (Wildman–Crippen MR) is 96.8 cm³/mol. The van der Waals surface area contributed by atoms with Crippen molar-refractivity contribution in [2.45, 2.75) is 26.8 Å². The number of fused-ring (bicyclic) bond motifs is 1. The maximum Gasteiger partial charge on any atom is 0.254 e. The van der Waals surface area contributed by atoms with Crippen molar-refractivity contribution in [3.8, 4) is 5.75 Å². The molecule has 0 saturated heterocycles. The molecule has 0 radical (unpaired) electrons. The Morgan fingerprint density at radius 2 is 1.80 bits per heavy atom. The summed E-state index contributed by atoms with van der Waals surface area (Å²) in [5, 5.41) is 2.78. The van der Waals surface area contributed by atoms with Gasteiger partial charge in [0.1, 0.15) is 18.4 Å². The first-order valence-corrected chi connectivity index (χ1v) is 8.35. The van der Waals surface area contributed by atoms with Crippen molar-refractivity contribution in [1.29, 1.82) is 0 Å². The molecule has 0 spiro atoms. The van der Waals surface area contributed by atoms with E-state index in [4.69, 9.17) is 4.74 Å². The van der Waals surface area contributed by atoms with Gasteiger partial charge in [0.15, 0.2) is 0 Å². The van der Waals surface area contributed by atoms with Crippen molar-refractivity contribution in [2.24, 2.45) is 0 Å². The van der Waals surface area contributed by atoms with E-state index in [1.54, 1.807) is 4.90 Å². The van der Waals surface area contributed by atoms with Crippen molar-refractivity contribution < 1.29 is 14.3 Å². The number of rotatable bonds is 5. The monoisotopic (exact) mass is 338 g/mol. The van der Waals surface area contributed by atoms with Crippen LogP contribution in [0.4, 0.5) is 5.69 Å². The maximum atomic E-state index is 12.9. The van der Waals surface area contributed by atoms with Crippen LogP contribution < -0.4 is 15.0 Å². The highest BCUT2D eigenvalue weighted by Crippen LogP contribution is 2.40. The lowest BCUT2D eigenvalue weighted by atomic mass is 9.99. The average Bonchev–Trinajstić information content (AvgIpc) is 2.86. The minimum absolute atomic E-state index is 0.112. The van der Waals surface area contributed by atoms with Gasteiger partial charge >= 0.3 is 0 Å². The summed E-state index contributed by atoms with van der Waals surface area (Å²) in [6, 6.07) is 12.9. The highest BCUT2D eigenvalue weighted by atomic mass is 16.5. The number of aryl methyl sites for hydroxylation is 2. The molecule has 25 heavy (non-hydrogen) atoms. The van der Waals surface area contributed by atoms with E-state index < -0.39 is 6.04 Å². The Kier molecular flexibility index (Phi) is 4.74. The highest BCUT2D eigenvalue weighted by molar-refractivity contribution is 6.07. The molecule has 0 saturated carbocycles. The topological polar surface area (TPSA) is 58.6 Å². The van der Waals surface area contributed by atoms with Crippen LogP contribution in [-0.2, 0) is 9.59 Å². The van der Waals surface area contributed by atoms with Gasteiger partial charge in [-0.05, 0) is 37.1 Å². The predicted octanol–water partition coefficient (Wildman–Crippen LogP) is 2.91. The van der Waals surface area contributed by atoms with Crippen LogP contribution in [0.15, 0.2) is 42.5 Å². The molecule has 0 fully saturated rings. The molecule has 1 unspecified atom stereocenters. The Morgan fingerprint density at radius 1 is 1.12 bits per heavy atom. The molecule has 0 bridgehead atoms. The Bertz CT molecular complexity index is 802. The van der Waals surface area contributed by atoms with Gasteiger partial charge in [0.2, 0.25) is 5.91 Å². The van der Waals surface area contributed by atoms with E-state index in [9.17, 15) is 9.59 Å². The molecule has 1 N–H and O–H groups in total. The first-order chi connectivity index (χ1) is 12.0. The third kappa shape index (κ3) is 3.36. The van der Waals surface area contributed by atoms with Gasteiger partial charge in [0.25, 0.3) is 5.91 Å². The largest absolute Gasteiger partial charge is 0.492 e. The zero-order valence-electron chi connectivity index (χ0n) is 14.7. The summed E-state index contributed by atoms with van der Waals surface area (Å²) < 4.78 is 5.74. The molecule has 130 valence electrons.